The summed E-state index contributed by atoms with van der Waals surface area (Å²) in [5.41, 5.74) is -0.268. The Hall–Kier alpha value is -4.16. The topological polar surface area (TPSA) is 134 Å². The first kappa shape index (κ1) is 27.9. The average molecular weight is 573 g/mol. The van der Waals surface area contributed by atoms with Crippen LogP contribution in [0.4, 0.5) is 10.5 Å². The molecule has 2 aromatic carbocycles. The Bertz CT molecular complexity index is 1670. The fraction of sp³-hybridized carbons (Fsp3) is 0.231. The van der Waals surface area contributed by atoms with Crippen LogP contribution in [-0.2, 0) is 21.3 Å². The lowest BCUT2D eigenvalue weighted by atomic mass is 10.1. The number of hydrogen-bond donors (Lipinski definition) is 0. The molecule has 0 bridgehead atoms. The van der Waals surface area contributed by atoms with Crippen LogP contribution in [0.5, 0.6) is 11.5 Å². The molecule has 0 fully saturated rings. The lowest BCUT2D eigenvalue weighted by Crippen LogP contribution is -2.33. The predicted molar refractivity (Wildman–Crippen MR) is 145 cm³/mol. The van der Waals surface area contributed by atoms with E-state index < -0.39 is 26.6 Å². The summed E-state index contributed by atoms with van der Waals surface area (Å²) >= 11 is 6.02. The number of ether oxygens (including phenoxy) is 2. The van der Waals surface area contributed by atoms with Crippen LogP contribution in [0, 0.1) is 10.1 Å². The molecule has 13 heteroatoms. The molecular formula is C26H25ClN4O7S. The highest BCUT2D eigenvalue weighted by Crippen LogP contribution is 2.36. The van der Waals surface area contributed by atoms with E-state index >= 15 is 0 Å². The summed E-state index contributed by atoms with van der Waals surface area (Å²) < 4.78 is 39.5. The van der Waals surface area contributed by atoms with Gasteiger partial charge in [0.2, 0.25) is 5.75 Å². The highest BCUT2D eigenvalue weighted by atomic mass is 35.5. The van der Waals surface area contributed by atoms with Gasteiger partial charge in [-0.15, -0.1) is 0 Å². The molecule has 39 heavy (non-hydrogen) atoms. The van der Waals surface area contributed by atoms with E-state index in [9.17, 15) is 23.3 Å². The highest BCUT2D eigenvalue weighted by Gasteiger charge is 2.25. The Morgan fingerprint density at radius 1 is 1.18 bits per heavy atom. The molecule has 0 unspecified atom stereocenters. The zero-order chi connectivity index (χ0) is 28.5. The van der Waals surface area contributed by atoms with Crippen LogP contribution in [-0.4, -0.2) is 45.9 Å². The average Bonchev–Trinajstić information content (AvgIpc) is 3.21. The van der Waals surface area contributed by atoms with Gasteiger partial charge in [-0.2, -0.15) is 0 Å². The molecule has 11 nitrogen and oxygen atoms in total. The van der Waals surface area contributed by atoms with Crippen molar-refractivity contribution < 1.29 is 27.6 Å². The zero-order valence-electron chi connectivity index (χ0n) is 21.5. The first-order valence-corrected chi connectivity index (χ1v) is 13.4. The van der Waals surface area contributed by atoms with Crippen molar-refractivity contribution in [1.82, 2.24) is 13.9 Å². The van der Waals surface area contributed by atoms with Gasteiger partial charge < -0.3 is 14.4 Å². The molecule has 0 saturated carbocycles. The molecule has 2 aromatic heterocycles. The Morgan fingerprint density at radius 2 is 1.92 bits per heavy atom. The first-order chi connectivity index (χ1) is 18.3. The number of amides is 1. The van der Waals surface area contributed by atoms with E-state index in [1.165, 1.54) is 59.9 Å². The molecule has 0 radical (unpaired) electrons. The SMILES string of the molecule is CN(Cc1cn(S(=O)(=O)c2cccnc2)c2cc(Oc3cc(Cl)ccc3[N+](=O)[O-])ccc12)C(=O)OC(C)(C)C. The second kappa shape index (κ2) is 10.5. The molecule has 0 atom stereocenters. The van der Waals surface area contributed by atoms with Gasteiger partial charge in [-0.3, -0.25) is 15.1 Å². The summed E-state index contributed by atoms with van der Waals surface area (Å²) in [7, 11) is -2.57. The van der Waals surface area contributed by atoms with Gasteiger partial charge in [0, 0.05) is 54.2 Å². The number of pyridine rings is 1. The predicted octanol–water partition coefficient (Wildman–Crippen LogP) is 5.99. The van der Waals surface area contributed by atoms with Gasteiger partial charge in [-0.25, -0.2) is 17.2 Å². The number of carbonyl (C=O) groups excluding carboxylic acids is 1. The van der Waals surface area contributed by atoms with E-state index in [1.807, 2.05) is 0 Å². The molecule has 2 heterocycles. The Kier molecular flexibility index (Phi) is 7.53. The minimum absolute atomic E-state index is 0.0426. The maximum atomic E-state index is 13.6. The number of fused-ring (bicyclic) bond motifs is 1. The summed E-state index contributed by atoms with van der Waals surface area (Å²) in [6, 6.07) is 11.4. The molecule has 0 N–H and O–H groups in total. The van der Waals surface area contributed by atoms with Crippen molar-refractivity contribution in [1.29, 1.82) is 0 Å². The number of carbonyl (C=O) groups is 1. The third-order valence-corrected chi connectivity index (χ3v) is 7.37. The molecule has 0 aliphatic rings. The van der Waals surface area contributed by atoms with Crippen molar-refractivity contribution in [3.63, 3.8) is 0 Å². The largest absolute Gasteiger partial charge is 0.450 e. The van der Waals surface area contributed by atoms with Gasteiger partial charge in [-0.1, -0.05) is 11.6 Å². The molecule has 1 amide bonds. The van der Waals surface area contributed by atoms with Gasteiger partial charge >= 0.3 is 11.8 Å². The van der Waals surface area contributed by atoms with Crippen LogP contribution in [0.2, 0.25) is 5.02 Å². The van der Waals surface area contributed by atoms with E-state index in [2.05, 4.69) is 4.98 Å². The van der Waals surface area contributed by atoms with E-state index in [1.54, 1.807) is 40.0 Å². The van der Waals surface area contributed by atoms with Crippen LogP contribution >= 0.6 is 11.6 Å². The number of halogens is 1. The van der Waals surface area contributed by atoms with Crippen LogP contribution < -0.4 is 4.74 Å². The fourth-order valence-electron chi connectivity index (χ4n) is 3.75. The molecule has 0 spiro atoms. The van der Waals surface area contributed by atoms with Crippen molar-refractivity contribution in [2.24, 2.45) is 0 Å². The smallest absolute Gasteiger partial charge is 0.410 e. The van der Waals surface area contributed by atoms with E-state index in [0.717, 1.165) is 3.97 Å². The van der Waals surface area contributed by atoms with Gasteiger partial charge in [0.05, 0.1) is 17.0 Å². The molecule has 0 aliphatic carbocycles. The van der Waals surface area contributed by atoms with E-state index in [0.29, 0.717) is 10.9 Å². The van der Waals surface area contributed by atoms with E-state index in [-0.39, 0.29) is 39.2 Å². The van der Waals surface area contributed by atoms with Crippen LogP contribution in [0.25, 0.3) is 10.9 Å². The minimum atomic E-state index is -4.11. The highest BCUT2D eigenvalue weighted by molar-refractivity contribution is 7.90. The van der Waals surface area contributed by atoms with Crippen LogP contribution in [0.3, 0.4) is 0 Å². The number of rotatable bonds is 7. The second-order valence-corrected chi connectivity index (χ2v) is 11.9. The molecule has 0 saturated heterocycles. The molecule has 4 rings (SSSR count). The first-order valence-electron chi connectivity index (χ1n) is 11.6. The van der Waals surface area contributed by atoms with Crippen molar-refractivity contribution in [2.45, 2.75) is 37.8 Å². The summed E-state index contributed by atoms with van der Waals surface area (Å²) in [5.74, 6) is 0.0330. The Labute approximate surface area is 229 Å². The zero-order valence-corrected chi connectivity index (χ0v) is 23.1. The van der Waals surface area contributed by atoms with Gasteiger partial charge in [0.25, 0.3) is 10.0 Å². The van der Waals surface area contributed by atoms with Crippen LogP contribution in [0.1, 0.15) is 26.3 Å². The summed E-state index contributed by atoms with van der Waals surface area (Å²) in [5, 5.41) is 12.2. The minimum Gasteiger partial charge on any atom is -0.450 e. The van der Waals surface area contributed by atoms with Crippen molar-refractivity contribution in [2.75, 3.05) is 7.05 Å². The monoisotopic (exact) mass is 572 g/mol. The number of nitrogens with zero attached hydrogens (tertiary/aromatic N) is 4. The maximum Gasteiger partial charge on any atom is 0.410 e. The summed E-state index contributed by atoms with van der Waals surface area (Å²) in [6.45, 7) is 5.28. The van der Waals surface area contributed by atoms with Crippen molar-refractivity contribution >= 4 is 44.3 Å². The lowest BCUT2D eigenvalue weighted by Gasteiger charge is -2.24. The molecule has 4 aromatic rings. The maximum absolute atomic E-state index is 13.6. The third-order valence-electron chi connectivity index (χ3n) is 5.48. The normalized spacial score (nSPS) is 11.8. The second-order valence-electron chi connectivity index (χ2n) is 9.63. The molecule has 0 aliphatic heterocycles. The quantitative estimate of drug-likeness (QED) is 0.194. The van der Waals surface area contributed by atoms with Crippen LogP contribution in [0.15, 0.2) is 72.0 Å². The number of nitro benzene ring substituents is 1. The van der Waals surface area contributed by atoms with Gasteiger partial charge in [0.15, 0.2) is 0 Å². The fourth-order valence-corrected chi connectivity index (χ4v) is 5.26. The number of aromatic nitrogens is 2. The van der Waals surface area contributed by atoms with Crippen molar-refractivity contribution in [3.8, 4) is 11.5 Å². The number of benzene rings is 2. The summed E-state index contributed by atoms with van der Waals surface area (Å²) in [6.07, 6.45) is 3.52. The number of nitro groups is 1. The van der Waals surface area contributed by atoms with Gasteiger partial charge in [0.1, 0.15) is 16.2 Å². The van der Waals surface area contributed by atoms with E-state index in [4.69, 9.17) is 21.1 Å². The van der Waals surface area contributed by atoms with Crippen molar-refractivity contribution in [3.05, 3.63) is 87.8 Å². The lowest BCUT2D eigenvalue weighted by molar-refractivity contribution is -0.385. The Balaban J connectivity index is 1.82. The third kappa shape index (κ3) is 6.13. The standard InChI is InChI=1S/C26H25ClN4O7S/c1-26(2,3)38-25(32)29(4)15-17-16-30(39(35,36)20-6-5-11-28-14-20)23-13-19(8-9-21(17)23)37-24-12-18(27)7-10-22(24)31(33)34/h5-14,16H,15H2,1-4H3. The summed E-state index contributed by atoms with van der Waals surface area (Å²) in [4.78, 5) is 28.6. The van der Waals surface area contributed by atoms with Gasteiger partial charge in [-0.05, 0) is 56.7 Å². The molecule has 204 valence electrons. The molecular weight excluding hydrogens is 548 g/mol. The number of hydrogen-bond acceptors (Lipinski definition) is 8. The Morgan fingerprint density at radius 3 is 2.56 bits per heavy atom.